The minimum Gasteiger partial charge on any atom is -0.497 e. The zero-order chi connectivity index (χ0) is 13.7. The average Bonchev–Trinajstić information content (AvgIpc) is 2.45. The van der Waals surface area contributed by atoms with E-state index >= 15 is 0 Å². The molecule has 106 valence electrons. The monoisotopic (exact) mass is 265 g/mol. The van der Waals surface area contributed by atoms with Gasteiger partial charge in [0.15, 0.2) is 0 Å². The van der Waals surface area contributed by atoms with Gasteiger partial charge in [-0.25, -0.2) is 0 Å². The Bertz CT molecular complexity index is 412. The molecular weight excluding hydrogens is 242 g/mol. The molecule has 1 heterocycles. The summed E-state index contributed by atoms with van der Waals surface area (Å²) in [4.78, 5) is 2.34. The molecule has 1 saturated heterocycles. The van der Waals surface area contributed by atoms with E-state index in [4.69, 9.17) is 9.47 Å². The van der Waals surface area contributed by atoms with E-state index in [1.807, 2.05) is 18.2 Å². The fourth-order valence-corrected chi connectivity index (χ4v) is 2.31. The van der Waals surface area contributed by atoms with Gasteiger partial charge in [0.05, 0.1) is 19.9 Å². The first-order valence-corrected chi connectivity index (χ1v) is 6.60. The number of methoxy groups -OCH3 is 2. The Kier molecular flexibility index (Phi) is 4.87. The van der Waals surface area contributed by atoms with Crippen molar-refractivity contribution in [2.75, 3.05) is 52.8 Å². The summed E-state index contributed by atoms with van der Waals surface area (Å²) in [5.41, 5.74) is 0.969. The minimum absolute atomic E-state index is 0.453. The number of nitrogens with zero attached hydrogens (tertiary/aromatic N) is 1. The molecule has 1 aliphatic heterocycles. The number of piperazine rings is 1. The van der Waals surface area contributed by atoms with Gasteiger partial charge < -0.3 is 25.0 Å². The van der Waals surface area contributed by atoms with Gasteiger partial charge >= 0.3 is 0 Å². The molecule has 1 aromatic rings. The lowest BCUT2D eigenvalue weighted by Crippen LogP contribution is -2.51. The van der Waals surface area contributed by atoms with Gasteiger partial charge in [-0.3, -0.25) is 0 Å². The van der Waals surface area contributed by atoms with Crippen molar-refractivity contribution in [2.45, 2.75) is 6.04 Å². The van der Waals surface area contributed by atoms with Crippen LogP contribution < -0.4 is 20.1 Å². The lowest BCUT2D eigenvalue weighted by atomic mass is 10.2. The van der Waals surface area contributed by atoms with Crippen molar-refractivity contribution >= 4 is 5.69 Å². The first kappa shape index (κ1) is 14.0. The maximum atomic E-state index is 5.36. The quantitative estimate of drug-likeness (QED) is 0.832. The molecule has 0 radical (unpaired) electrons. The zero-order valence-corrected chi connectivity index (χ0v) is 11.9. The Morgan fingerprint density at radius 3 is 2.89 bits per heavy atom. The predicted molar refractivity (Wildman–Crippen MR) is 77.3 cm³/mol. The molecule has 1 aromatic carbocycles. The van der Waals surface area contributed by atoms with Crippen LogP contribution in [-0.2, 0) is 0 Å². The number of anilines is 1. The molecule has 0 aliphatic carbocycles. The van der Waals surface area contributed by atoms with Crippen LogP contribution >= 0.6 is 0 Å². The summed E-state index contributed by atoms with van der Waals surface area (Å²) in [6.45, 7) is 4.07. The number of nitrogens with one attached hydrogen (secondary N) is 2. The molecule has 0 spiro atoms. The SMILES string of the molecule is COc1ccc(OC)c(NCC2CN(C)CCN2)c1. The topological polar surface area (TPSA) is 45.8 Å². The standard InChI is InChI=1S/C14H23N3O2/c1-17-7-6-15-11(10-17)9-16-13-8-12(18-2)4-5-14(13)19-3/h4-5,8,11,15-16H,6-7,9-10H2,1-3H3. The van der Waals surface area contributed by atoms with Crippen molar-refractivity contribution in [3.8, 4) is 11.5 Å². The van der Waals surface area contributed by atoms with E-state index in [1.165, 1.54) is 0 Å². The van der Waals surface area contributed by atoms with Gasteiger partial charge in [-0.15, -0.1) is 0 Å². The van der Waals surface area contributed by atoms with Crippen LogP contribution in [0.3, 0.4) is 0 Å². The van der Waals surface area contributed by atoms with E-state index in [9.17, 15) is 0 Å². The smallest absolute Gasteiger partial charge is 0.142 e. The van der Waals surface area contributed by atoms with Crippen molar-refractivity contribution in [2.24, 2.45) is 0 Å². The number of rotatable bonds is 5. The first-order valence-electron chi connectivity index (χ1n) is 6.60. The van der Waals surface area contributed by atoms with Gasteiger partial charge in [0.1, 0.15) is 11.5 Å². The van der Waals surface area contributed by atoms with Gasteiger partial charge in [-0.2, -0.15) is 0 Å². The van der Waals surface area contributed by atoms with Crippen LogP contribution in [0.4, 0.5) is 5.69 Å². The number of ether oxygens (including phenoxy) is 2. The van der Waals surface area contributed by atoms with E-state index in [1.54, 1.807) is 14.2 Å². The highest BCUT2D eigenvalue weighted by Gasteiger charge is 2.16. The van der Waals surface area contributed by atoms with Crippen molar-refractivity contribution < 1.29 is 9.47 Å². The number of benzene rings is 1. The molecular formula is C14H23N3O2. The Morgan fingerprint density at radius 2 is 2.21 bits per heavy atom. The maximum absolute atomic E-state index is 5.36. The van der Waals surface area contributed by atoms with Crippen LogP contribution in [0.5, 0.6) is 11.5 Å². The minimum atomic E-state index is 0.453. The first-order chi connectivity index (χ1) is 9.22. The number of likely N-dealkylation sites (N-methyl/N-ethyl adjacent to an activating group) is 1. The van der Waals surface area contributed by atoms with Crippen LogP contribution in [0.15, 0.2) is 18.2 Å². The number of hydrogen-bond acceptors (Lipinski definition) is 5. The highest BCUT2D eigenvalue weighted by Crippen LogP contribution is 2.28. The van der Waals surface area contributed by atoms with Crippen LogP contribution in [0.25, 0.3) is 0 Å². The molecule has 1 aliphatic rings. The molecule has 1 unspecified atom stereocenters. The third-order valence-corrected chi connectivity index (χ3v) is 3.40. The Labute approximate surface area is 114 Å². The Hall–Kier alpha value is -1.46. The maximum Gasteiger partial charge on any atom is 0.142 e. The van der Waals surface area contributed by atoms with Crippen molar-refractivity contribution in [1.82, 2.24) is 10.2 Å². The van der Waals surface area contributed by atoms with E-state index in [0.29, 0.717) is 6.04 Å². The van der Waals surface area contributed by atoms with E-state index in [2.05, 4.69) is 22.6 Å². The lowest BCUT2D eigenvalue weighted by molar-refractivity contribution is 0.244. The molecule has 2 N–H and O–H groups in total. The second kappa shape index (κ2) is 6.63. The molecule has 5 heteroatoms. The Morgan fingerprint density at radius 1 is 1.37 bits per heavy atom. The normalized spacial score (nSPS) is 20.1. The van der Waals surface area contributed by atoms with E-state index in [0.717, 1.165) is 43.4 Å². The molecule has 1 atom stereocenters. The van der Waals surface area contributed by atoms with Crippen LogP contribution in [0.2, 0.25) is 0 Å². The van der Waals surface area contributed by atoms with Crippen molar-refractivity contribution in [3.63, 3.8) is 0 Å². The summed E-state index contributed by atoms with van der Waals surface area (Å²) in [6, 6.07) is 6.23. The molecule has 0 amide bonds. The van der Waals surface area contributed by atoms with Gasteiger partial charge in [-0.05, 0) is 19.2 Å². The van der Waals surface area contributed by atoms with Gasteiger partial charge in [0, 0.05) is 38.3 Å². The molecule has 5 nitrogen and oxygen atoms in total. The molecule has 0 aromatic heterocycles. The lowest BCUT2D eigenvalue weighted by Gasteiger charge is -2.31. The van der Waals surface area contributed by atoms with Crippen molar-refractivity contribution in [1.29, 1.82) is 0 Å². The van der Waals surface area contributed by atoms with Crippen LogP contribution in [0, 0.1) is 0 Å². The summed E-state index contributed by atoms with van der Waals surface area (Å²) >= 11 is 0. The zero-order valence-electron chi connectivity index (χ0n) is 11.9. The fourth-order valence-electron chi connectivity index (χ4n) is 2.31. The number of hydrogen-bond donors (Lipinski definition) is 2. The van der Waals surface area contributed by atoms with Crippen molar-refractivity contribution in [3.05, 3.63) is 18.2 Å². The second-order valence-corrected chi connectivity index (χ2v) is 4.86. The summed E-state index contributed by atoms with van der Waals surface area (Å²) in [5.74, 6) is 1.67. The summed E-state index contributed by atoms with van der Waals surface area (Å²) in [5, 5.41) is 6.94. The highest BCUT2D eigenvalue weighted by atomic mass is 16.5. The molecule has 0 saturated carbocycles. The summed E-state index contributed by atoms with van der Waals surface area (Å²) in [7, 11) is 5.50. The predicted octanol–water partition coefficient (Wildman–Crippen LogP) is 1.02. The Balaban J connectivity index is 1.97. The van der Waals surface area contributed by atoms with Crippen LogP contribution in [0.1, 0.15) is 0 Å². The summed E-state index contributed by atoms with van der Waals surface area (Å²) < 4.78 is 10.6. The summed E-state index contributed by atoms with van der Waals surface area (Å²) in [6.07, 6.45) is 0. The second-order valence-electron chi connectivity index (χ2n) is 4.86. The molecule has 19 heavy (non-hydrogen) atoms. The molecule has 1 fully saturated rings. The van der Waals surface area contributed by atoms with Crippen LogP contribution in [-0.4, -0.2) is 58.4 Å². The third kappa shape index (κ3) is 3.75. The van der Waals surface area contributed by atoms with Gasteiger partial charge in [0.25, 0.3) is 0 Å². The van der Waals surface area contributed by atoms with E-state index < -0.39 is 0 Å². The van der Waals surface area contributed by atoms with E-state index in [-0.39, 0.29) is 0 Å². The molecule has 2 rings (SSSR count). The highest BCUT2D eigenvalue weighted by molar-refractivity contribution is 5.59. The molecule has 0 bridgehead atoms. The fraction of sp³-hybridized carbons (Fsp3) is 0.571. The average molecular weight is 265 g/mol. The van der Waals surface area contributed by atoms with Gasteiger partial charge in [-0.1, -0.05) is 0 Å². The third-order valence-electron chi connectivity index (χ3n) is 3.40. The van der Waals surface area contributed by atoms with Gasteiger partial charge in [0.2, 0.25) is 0 Å². The largest absolute Gasteiger partial charge is 0.497 e.